The fourth-order valence-corrected chi connectivity index (χ4v) is 1.85. The molecule has 5 heteroatoms. The van der Waals surface area contributed by atoms with E-state index in [0.29, 0.717) is 6.54 Å². The average molecular weight is 249 g/mol. The molecule has 2 aromatic rings. The molecule has 0 spiro atoms. The number of fused-ring (bicyclic) bond motifs is 1. The summed E-state index contributed by atoms with van der Waals surface area (Å²) in [7, 11) is 1.97. The zero-order chi connectivity index (χ0) is 12.3. The minimum atomic E-state index is -0.0350. The predicted molar refractivity (Wildman–Crippen MR) is 71.3 cm³/mol. The van der Waals surface area contributed by atoms with Crippen LogP contribution in [0.25, 0.3) is 11.0 Å². The van der Waals surface area contributed by atoms with E-state index in [0.717, 1.165) is 17.5 Å². The highest BCUT2D eigenvalue weighted by Gasteiger charge is 2.02. The van der Waals surface area contributed by atoms with E-state index in [9.17, 15) is 4.79 Å². The Morgan fingerprint density at radius 3 is 3.12 bits per heavy atom. The van der Waals surface area contributed by atoms with Crippen LogP contribution in [-0.4, -0.2) is 27.8 Å². The Labute approximate surface area is 105 Å². The number of imidazole rings is 1. The Morgan fingerprint density at radius 1 is 1.53 bits per heavy atom. The van der Waals surface area contributed by atoms with Gasteiger partial charge in [0.25, 0.3) is 0 Å². The van der Waals surface area contributed by atoms with Gasteiger partial charge in [-0.25, -0.2) is 4.98 Å². The van der Waals surface area contributed by atoms with Crippen LogP contribution in [0, 0.1) is 0 Å². The van der Waals surface area contributed by atoms with Gasteiger partial charge in [0.05, 0.1) is 23.1 Å². The van der Waals surface area contributed by atoms with Gasteiger partial charge in [-0.3, -0.25) is 4.79 Å². The van der Waals surface area contributed by atoms with Crippen LogP contribution < -0.4 is 5.32 Å². The van der Waals surface area contributed by atoms with Crippen molar-refractivity contribution in [2.24, 2.45) is 7.05 Å². The molecular formula is C12H15N3OS. The molecule has 1 N–H and O–H groups in total. The fourth-order valence-electron chi connectivity index (χ4n) is 1.74. The monoisotopic (exact) mass is 249 g/mol. The number of hydrogen-bond acceptors (Lipinski definition) is 3. The van der Waals surface area contributed by atoms with E-state index in [1.54, 1.807) is 6.33 Å². The number of nitrogens with one attached hydrogen (secondary N) is 1. The van der Waals surface area contributed by atoms with Gasteiger partial charge < -0.3 is 9.88 Å². The normalized spacial score (nSPS) is 10.7. The Bertz CT molecular complexity index is 536. The van der Waals surface area contributed by atoms with Gasteiger partial charge in [-0.1, -0.05) is 6.07 Å². The van der Waals surface area contributed by atoms with Gasteiger partial charge in [-0.05, 0) is 24.1 Å². The molecule has 0 fully saturated rings. The summed E-state index contributed by atoms with van der Waals surface area (Å²) in [5.74, 6) is 0.200. The van der Waals surface area contributed by atoms with E-state index < -0.39 is 0 Å². The second-order valence-corrected chi connectivity index (χ2v) is 4.25. The van der Waals surface area contributed by atoms with E-state index in [-0.39, 0.29) is 11.7 Å². The van der Waals surface area contributed by atoms with E-state index in [2.05, 4.69) is 41.1 Å². The lowest BCUT2D eigenvalue weighted by atomic mass is 10.1. The third-order valence-electron chi connectivity index (χ3n) is 2.67. The molecule has 4 nitrogen and oxygen atoms in total. The number of aryl methyl sites for hydroxylation is 1. The third-order valence-corrected chi connectivity index (χ3v) is 2.96. The largest absolute Gasteiger partial charge is 0.355 e. The van der Waals surface area contributed by atoms with Gasteiger partial charge in [0.1, 0.15) is 0 Å². The summed E-state index contributed by atoms with van der Waals surface area (Å²) in [4.78, 5) is 15.3. The number of amides is 1. The standard InChI is InChI=1S/C12H15N3OS/c1-15-8-14-10-6-9(2-3-11(10)15)4-5-13-12(16)7-17/h2-3,6,8,17H,4-5,7H2,1H3,(H,13,16). The van der Waals surface area contributed by atoms with Gasteiger partial charge in [0, 0.05) is 13.6 Å². The van der Waals surface area contributed by atoms with Crippen molar-refractivity contribution < 1.29 is 4.79 Å². The van der Waals surface area contributed by atoms with Crippen molar-refractivity contribution >= 4 is 29.6 Å². The first kappa shape index (κ1) is 12.0. The maximum atomic E-state index is 11.0. The second-order valence-electron chi connectivity index (χ2n) is 3.94. The summed E-state index contributed by atoms with van der Waals surface area (Å²) in [6, 6.07) is 6.18. The molecule has 1 amide bonds. The number of aromatic nitrogens is 2. The molecule has 2 rings (SSSR count). The maximum absolute atomic E-state index is 11.0. The molecule has 0 unspecified atom stereocenters. The molecule has 0 bridgehead atoms. The first-order chi connectivity index (χ1) is 8.20. The molecule has 0 saturated heterocycles. The number of carbonyl (C=O) groups excluding carboxylic acids is 1. The van der Waals surface area contributed by atoms with Crippen molar-refractivity contribution in [2.75, 3.05) is 12.3 Å². The summed E-state index contributed by atoms with van der Waals surface area (Å²) < 4.78 is 1.99. The van der Waals surface area contributed by atoms with Crippen molar-refractivity contribution in [2.45, 2.75) is 6.42 Å². The average Bonchev–Trinajstić information content (AvgIpc) is 2.70. The number of benzene rings is 1. The smallest absolute Gasteiger partial charge is 0.229 e. The van der Waals surface area contributed by atoms with Gasteiger partial charge in [-0.15, -0.1) is 0 Å². The minimum absolute atomic E-state index is 0.0350. The zero-order valence-electron chi connectivity index (χ0n) is 9.68. The zero-order valence-corrected chi connectivity index (χ0v) is 10.6. The SMILES string of the molecule is Cn1cnc2cc(CCNC(=O)CS)ccc21. The number of carbonyl (C=O) groups is 1. The first-order valence-electron chi connectivity index (χ1n) is 5.48. The molecule has 0 aliphatic rings. The Hall–Kier alpha value is -1.49. The lowest BCUT2D eigenvalue weighted by Gasteiger charge is -2.03. The molecule has 0 radical (unpaired) electrons. The van der Waals surface area contributed by atoms with E-state index in [1.165, 1.54) is 5.56 Å². The summed E-state index contributed by atoms with van der Waals surface area (Å²) >= 11 is 3.90. The van der Waals surface area contributed by atoms with Crippen molar-refractivity contribution in [3.63, 3.8) is 0 Å². The quantitative estimate of drug-likeness (QED) is 0.799. The van der Waals surface area contributed by atoms with Crippen molar-refractivity contribution in [3.05, 3.63) is 30.1 Å². The molecule has 0 aliphatic carbocycles. The lowest BCUT2D eigenvalue weighted by Crippen LogP contribution is -2.26. The molecule has 90 valence electrons. The Morgan fingerprint density at radius 2 is 2.35 bits per heavy atom. The molecule has 1 aromatic carbocycles. The summed E-state index contributed by atoms with van der Waals surface area (Å²) in [5.41, 5.74) is 3.29. The highest BCUT2D eigenvalue weighted by Crippen LogP contribution is 2.13. The molecule has 0 atom stereocenters. The predicted octanol–water partition coefficient (Wildman–Crippen LogP) is 1.16. The highest BCUT2D eigenvalue weighted by atomic mass is 32.1. The summed E-state index contributed by atoms with van der Waals surface area (Å²) in [6.45, 7) is 0.637. The van der Waals surface area contributed by atoms with Crippen LogP contribution >= 0.6 is 12.6 Å². The molecule has 1 aromatic heterocycles. The topological polar surface area (TPSA) is 46.9 Å². The summed E-state index contributed by atoms with van der Waals surface area (Å²) in [6.07, 6.45) is 2.61. The van der Waals surface area contributed by atoms with Crippen molar-refractivity contribution in [1.29, 1.82) is 0 Å². The van der Waals surface area contributed by atoms with Crippen LogP contribution in [0.3, 0.4) is 0 Å². The number of thiol groups is 1. The molecule has 17 heavy (non-hydrogen) atoms. The number of rotatable bonds is 4. The minimum Gasteiger partial charge on any atom is -0.355 e. The van der Waals surface area contributed by atoms with Crippen LogP contribution in [0.5, 0.6) is 0 Å². The van der Waals surface area contributed by atoms with Gasteiger partial charge in [-0.2, -0.15) is 12.6 Å². The van der Waals surface area contributed by atoms with Crippen LogP contribution in [0.15, 0.2) is 24.5 Å². The Kier molecular flexibility index (Phi) is 3.68. The van der Waals surface area contributed by atoms with Gasteiger partial charge >= 0.3 is 0 Å². The first-order valence-corrected chi connectivity index (χ1v) is 6.11. The lowest BCUT2D eigenvalue weighted by molar-refractivity contribution is -0.118. The molecule has 1 heterocycles. The van der Waals surface area contributed by atoms with E-state index >= 15 is 0 Å². The molecule has 0 aliphatic heterocycles. The van der Waals surface area contributed by atoms with Crippen LogP contribution in [0.4, 0.5) is 0 Å². The van der Waals surface area contributed by atoms with Crippen LogP contribution in [-0.2, 0) is 18.3 Å². The highest BCUT2D eigenvalue weighted by molar-refractivity contribution is 7.81. The van der Waals surface area contributed by atoms with Crippen LogP contribution in [0.2, 0.25) is 0 Å². The van der Waals surface area contributed by atoms with Crippen molar-refractivity contribution in [1.82, 2.24) is 14.9 Å². The number of nitrogens with zero attached hydrogens (tertiary/aromatic N) is 2. The van der Waals surface area contributed by atoms with E-state index in [1.807, 2.05) is 11.6 Å². The maximum Gasteiger partial charge on any atom is 0.229 e. The van der Waals surface area contributed by atoms with E-state index in [4.69, 9.17) is 0 Å². The van der Waals surface area contributed by atoms with Gasteiger partial charge in [0.15, 0.2) is 0 Å². The van der Waals surface area contributed by atoms with Crippen LogP contribution in [0.1, 0.15) is 5.56 Å². The number of hydrogen-bond donors (Lipinski definition) is 2. The third kappa shape index (κ3) is 2.79. The summed E-state index contributed by atoms with van der Waals surface area (Å²) in [5, 5.41) is 2.79. The molecule has 0 saturated carbocycles. The fraction of sp³-hybridized carbons (Fsp3) is 0.333. The second kappa shape index (κ2) is 5.23. The van der Waals surface area contributed by atoms with Gasteiger partial charge in [0.2, 0.25) is 5.91 Å². The Balaban J connectivity index is 2.02. The molecular weight excluding hydrogens is 234 g/mol. The van der Waals surface area contributed by atoms with Crippen molar-refractivity contribution in [3.8, 4) is 0 Å².